The third-order valence-electron chi connectivity index (χ3n) is 3.23. The predicted molar refractivity (Wildman–Crippen MR) is 86.0 cm³/mol. The van der Waals surface area contributed by atoms with E-state index in [0.717, 1.165) is 26.2 Å². The van der Waals surface area contributed by atoms with Crippen molar-refractivity contribution in [2.75, 3.05) is 46.8 Å². The molecule has 0 aliphatic heterocycles. The quantitative estimate of drug-likeness (QED) is 0.665. The molecule has 0 aliphatic rings. The lowest BCUT2D eigenvalue weighted by atomic mass is 10.3. The van der Waals surface area contributed by atoms with Gasteiger partial charge >= 0.3 is 0 Å². The van der Waals surface area contributed by atoms with Crippen LogP contribution in [0.5, 0.6) is 0 Å². The van der Waals surface area contributed by atoms with E-state index in [0.29, 0.717) is 0 Å². The summed E-state index contributed by atoms with van der Waals surface area (Å²) in [5.41, 5.74) is 0. The van der Waals surface area contributed by atoms with Crippen molar-refractivity contribution in [3.63, 3.8) is 0 Å². The van der Waals surface area contributed by atoms with Crippen molar-refractivity contribution in [1.82, 2.24) is 15.1 Å². The maximum absolute atomic E-state index is 3.54. The molecule has 1 aromatic heterocycles. The molecule has 0 saturated carbocycles. The molecule has 0 aliphatic carbocycles. The Morgan fingerprint density at radius 3 is 2.53 bits per heavy atom. The summed E-state index contributed by atoms with van der Waals surface area (Å²) in [6.07, 6.45) is 1.25. The number of thiophene rings is 1. The molecule has 0 amide bonds. The minimum Gasteiger partial charge on any atom is -0.311 e. The van der Waals surface area contributed by atoms with Gasteiger partial charge in [-0.05, 0) is 59.2 Å². The van der Waals surface area contributed by atoms with Gasteiger partial charge in [-0.15, -0.1) is 11.3 Å². The van der Waals surface area contributed by atoms with Crippen molar-refractivity contribution in [3.05, 3.63) is 21.9 Å². The van der Waals surface area contributed by atoms with Crippen LogP contribution in [0.4, 0.5) is 0 Å². The van der Waals surface area contributed by atoms with Crippen molar-refractivity contribution in [2.45, 2.75) is 26.8 Å². The van der Waals surface area contributed by atoms with Crippen molar-refractivity contribution in [3.8, 4) is 0 Å². The highest BCUT2D eigenvalue weighted by Gasteiger charge is 2.02. The molecular formula is C15H29N3S. The maximum atomic E-state index is 3.54. The SMILES string of the molecule is CCN(CCCN(C)C)CCNCc1ccc(C)s1. The summed E-state index contributed by atoms with van der Waals surface area (Å²) in [5.74, 6) is 0. The molecule has 110 valence electrons. The summed E-state index contributed by atoms with van der Waals surface area (Å²) in [6, 6.07) is 4.42. The molecule has 0 saturated heterocycles. The van der Waals surface area contributed by atoms with Gasteiger partial charge in [0, 0.05) is 29.4 Å². The largest absolute Gasteiger partial charge is 0.311 e. The van der Waals surface area contributed by atoms with Crippen LogP contribution in [-0.2, 0) is 6.54 Å². The van der Waals surface area contributed by atoms with Crippen LogP contribution in [0.3, 0.4) is 0 Å². The highest BCUT2D eigenvalue weighted by Crippen LogP contribution is 2.14. The summed E-state index contributed by atoms with van der Waals surface area (Å²) in [6.45, 7) is 11.2. The summed E-state index contributed by atoms with van der Waals surface area (Å²) < 4.78 is 0. The Hall–Kier alpha value is -0.420. The Labute approximate surface area is 122 Å². The molecule has 0 spiro atoms. The molecular weight excluding hydrogens is 254 g/mol. The van der Waals surface area contributed by atoms with E-state index in [2.05, 4.69) is 55.2 Å². The minimum absolute atomic E-state index is 1.01. The van der Waals surface area contributed by atoms with Crippen LogP contribution < -0.4 is 5.32 Å². The first-order chi connectivity index (χ1) is 9.11. The molecule has 0 unspecified atom stereocenters. The normalized spacial score (nSPS) is 11.7. The molecule has 0 atom stereocenters. The smallest absolute Gasteiger partial charge is 0.0300 e. The highest BCUT2D eigenvalue weighted by molar-refractivity contribution is 7.11. The van der Waals surface area contributed by atoms with Gasteiger partial charge in [0.05, 0.1) is 0 Å². The summed E-state index contributed by atoms with van der Waals surface area (Å²) >= 11 is 1.89. The lowest BCUT2D eigenvalue weighted by Gasteiger charge is -2.21. The number of nitrogens with zero attached hydrogens (tertiary/aromatic N) is 2. The van der Waals surface area contributed by atoms with Crippen LogP contribution >= 0.6 is 11.3 Å². The standard InChI is InChI=1S/C15H29N3S/c1-5-18(11-6-10-17(3)4)12-9-16-13-15-8-7-14(2)19-15/h7-8,16H,5-6,9-13H2,1-4H3. The van der Waals surface area contributed by atoms with Gasteiger partial charge < -0.3 is 15.1 Å². The minimum atomic E-state index is 1.01. The average molecular weight is 283 g/mol. The Kier molecular flexibility index (Phi) is 8.30. The molecule has 3 nitrogen and oxygen atoms in total. The lowest BCUT2D eigenvalue weighted by Crippen LogP contribution is -2.33. The van der Waals surface area contributed by atoms with E-state index in [4.69, 9.17) is 0 Å². The maximum Gasteiger partial charge on any atom is 0.0300 e. The second kappa shape index (κ2) is 9.48. The molecule has 0 fully saturated rings. The number of hydrogen-bond acceptors (Lipinski definition) is 4. The number of hydrogen-bond donors (Lipinski definition) is 1. The van der Waals surface area contributed by atoms with E-state index >= 15 is 0 Å². The van der Waals surface area contributed by atoms with Gasteiger partial charge in [0.25, 0.3) is 0 Å². The number of nitrogens with one attached hydrogen (secondary N) is 1. The molecule has 4 heteroatoms. The van der Waals surface area contributed by atoms with Crippen molar-refractivity contribution >= 4 is 11.3 Å². The van der Waals surface area contributed by atoms with Crippen LogP contribution in [0.15, 0.2) is 12.1 Å². The van der Waals surface area contributed by atoms with Gasteiger partial charge in [0.1, 0.15) is 0 Å². The molecule has 19 heavy (non-hydrogen) atoms. The fourth-order valence-electron chi connectivity index (χ4n) is 2.07. The zero-order valence-corrected chi connectivity index (χ0v) is 13.7. The first-order valence-corrected chi connectivity index (χ1v) is 8.06. The number of aryl methyl sites for hydroxylation is 1. The van der Waals surface area contributed by atoms with Gasteiger partial charge in [-0.2, -0.15) is 0 Å². The van der Waals surface area contributed by atoms with E-state index < -0.39 is 0 Å². The molecule has 0 aromatic carbocycles. The summed E-state index contributed by atoms with van der Waals surface area (Å²) in [4.78, 5) is 7.62. The summed E-state index contributed by atoms with van der Waals surface area (Å²) in [5, 5.41) is 3.54. The first kappa shape index (κ1) is 16.6. The van der Waals surface area contributed by atoms with Crippen LogP contribution in [0.25, 0.3) is 0 Å². The second-order valence-corrected chi connectivity index (χ2v) is 6.65. The van der Waals surface area contributed by atoms with Crippen molar-refractivity contribution in [1.29, 1.82) is 0 Å². The first-order valence-electron chi connectivity index (χ1n) is 7.25. The van der Waals surface area contributed by atoms with Crippen LogP contribution in [0.1, 0.15) is 23.1 Å². The van der Waals surface area contributed by atoms with Gasteiger partial charge in [-0.1, -0.05) is 6.92 Å². The zero-order chi connectivity index (χ0) is 14.1. The van der Waals surface area contributed by atoms with Gasteiger partial charge in [-0.3, -0.25) is 0 Å². The van der Waals surface area contributed by atoms with Gasteiger partial charge in [-0.25, -0.2) is 0 Å². The zero-order valence-electron chi connectivity index (χ0n) is 12.9. The van der Waals surface area contributed by atoms with Crippen molar-refractivity contribution in [2.24, 2.45) is 0 Å². The Balaban J connectivity index is 2.08. The monoisotopic (exact) mass is 283 g/mol. The third kappa shape index (κ3) is 7.67. The highest BCUT2D eigenvalue weighted by atomic mass is 32.1. The lowest BCUT2D eigenvalue weighted by molar-refractivity contribution is 0.266. The van der Waals surface area contributed by atoms with Crippen LogP contribution in [0, 0.1) is 6.92 Å². The van der Waals surface area contributed by atoms with E-state index in [1.807, 2.05) is 11.3 Å². The molecule has 0 radical (unpaired) electrons. The molecule has 1 N–H and O–H groups in total. The fraction of sp³-hybridized carbons (Fsp3) is 0.733. The summed E-state index contributed by atoms with van der Waals surface area (Å²) in [7, 11) is 4.28. The second-order valence-electron chi connectivity index (χ2n) is 5.28. The average Bonchev–Trinajstić information content (AvgIpc) is 2.77. The Morgan fingerprint density at radius 1 is 1.16 bits per heavy atom. The molecule has 1 rings (SSSR count). The third-order valence-corrected chi connectivity index (χ3v) is 4.23. The van der Waals surface area contributed by atoms with Crippen molar-refractivity contribution < 1.29 is 0 Å². The van der Waals surface area contributed by atoms with Gasteiger partial charge in [0.15, 0.2) is 0 Å². The van der Waals surface area contributed by atoms with Gasteiger partial charge in [0.2, 0.25) is 0 Å². The molecule has 0 bridgehead atoms. The number of rotatable bonds is 10. The Morgan fingerprint density at radius 2 is 1.95 bits per heavy atom. The fourth-order valence-corrected chi connectivity index (χ4v) is 2.93. The predicted octanol–water partition coefficient (Wildman–Crippen LogP) is 2.42. The van der Waals surface area contributed by atoms with E-state index in [9.17, 15) is 0 Å². The Bertz CT molecular complexity index is 336. The van der Waals surface area contributed by atoms with E-state index in [1.54, 1.807) is 0 Å². The van der Waals surface area contributed by atoms with Crippen LogP contribution in [-0.4, -0.2) is 56.6 Å². The van der Waals surface area contributed by atoms with E-state index in [1.165, 1.54) is 29.3 Å². The van der Waals surface area contributed by atoms with E-state index in [-0.39, 0.29) is 0 Å². The topological polar surface area (TPSA) is 18.5 Å². The molecule has 1 heterocycles. The molecule has 1 aromatic rings. The number of likely N-dealkylation sites (N-methyl/N-ethyl adjacent to an activating group) is 1. The van der Waals surface area contributed by atoms with Crippen LogP contribution in [0.2, 0.25) is 0 Å².